The van der Waals surface area contributed by atoms with Crippen LogP contribution >= 0.6 is 11.6 Å². The summed E-state index contributed by atoms with van der Waals surface area (Å²) >= 11 is 5.92. The molecule has 0 bridgehead atoms. The van der Waals surface area contributed by atoms with Crippen LogP contribution in [0.5, 0.6) is 0 Å². The van der Waals surface area contributed by atoms with Crippen molar-refractivity contribution in [2.75, 3.05) is 11.9 Å². The molecule has 4 nitrogen and oxygen atoms in total. The maximum absolute atomic E-state index is 13.8. The van der Waals surface area contributed by atoms with Gasteiger partial charge in [-0.3, -0.25) is 0 Å². The van der Waals surface area contributed by atoms with E-state index in [4.69, 9.17) is 11.6 Å². The average Bonchev–Trinajstić information content (AvgIpc) is 3.00. The number of nitrogens with one attached hydrogen (secondary N) is 1. The number of aromatic nitrogens is 2. The van der Waals surface area contributed by atoms with Crippen molar-refractivity contribution in [1.82, 2.24) is 9.78 Å². The highest BCUT2D eigenvalue weighted by Gasteiger charge is 2.10. The minimum atomic E-state index is -0.316. The molecule has 2 aromatic carbocycles. The summed E-state index contributed by atoms with van der Waals surface area (Å²) in [5.74, 6) is 0.394. The van der Waals surface area contributed by atoms with Crippen LogP contribution in [0.1, 0.15) is 5.56 Å². The molecule has 0 aliphatic rings. The van der Waals surface area contributed by atoms with Crippen LogP contribution in [0, 0.1) is 5.82 Å². The van der Waals surface area contributed by atoms with Crippen LogP contribution in [-0.2, 0) is 13.1 Å². The molecule has 0 spiro atoms. The van der Waals surface area contributed by atoms with Crippen molar-refractivity contribution in [2.45, 2.75) is 13.1 Å². The summed E-state index contributed by atoms with van der Waals surface area (Å²) in [5.41, 5.74) is 2.24. The molecule has 0 atom stereocenters. The number of nitrogens with zero attached hydrogens (tertiary/aromatic N) is 2. The molecule has 24 heavy (non-hydrogen) atoms. The monoisotopic (exact) mass is 345 g/mol. The Morgan fingerprint density at radius 2 is 1.92 bits per heavy atom. The van der Waals surface area contributed by atoms with Gasteiger partial charge in [0.25, 0.3) is 0 Å². The van der Waals surface area contributed by atoms with Gasteiger partial charge in [0.2, 0.25) is 0 Å². The first kappa shape index (κ1) is 16.5. The third-order valence-electron chi connectivity index (χ3n) is 3.63. The van der Waals surface area contributed by atoms with Gasteiger partial charge in [-0.2, -0.15) is 5.10 Å². The highest BCUT2D eigenvalue weighted by molar-refractivity contribution is 6.30. The Morgan fingerprint density at radius 3 is 2.67 bits per heavy atom. The summed E-state index contributed by atoms with van der Waals surface area (Å²) in [4.78, 5) is 0. The topological polar surface area (TPSA) is 50.1 Å². The largest absolute Gasteiger partial charge is 0.394 e. The second-order valence-electron chi connectivity index (χ2n) is 5.32. The van der Waals surface area contributed by atoms with Crippen LogP contribution in [0.15, 0.2) is 54.6 Å². The molecule has 0 amide bonds. The van der Waals surface area contributed by atoms with Crippen molar-refractivity contribution < 1.29 is 9.50 Å². The number of rotatable bonds is 6. The zero-order chi connectivity index (χ0) is 16.9. The molecule has 0 aliphatic heterocycles. The summed E-state index contributed by atoms with van der Waals surface area (Å²) < 4.78 is 15.5. The van der Waals surface area contributed by atoms with Crippen molar-refractivity contribution in [3.63, 3.8) is 0 Å². The van der Waals surface area contributed by atoms with Gasteiger partial charge < -0.3 is 10.4 Å². The standard InChI is InChI=1S/C18H17ClFN3O/c19-15-6-7-16(20)14(10-15)12-21-18-11-17(22-23(18)8-9-24)13-4-2-1-3-5-13/h1-7,10-11,21,24H,8-9,12H2. The smallest absolute Gasteiger partial charge is 0.128 e. The molecule has 0 saturated heterocycles. The Morgan fingerprint density at radius 1 is 1.12 bits per heavy atom. The molecule has 0 radical (unpaired) electrons. The highest BCUT2D eigenvalue weighted by Crippen LogP contribution is 2.23. The third kappa shape index (κ3) is 3.75. The molecule has 0 unspecified atom stereocenters. The van der Waals surface area contributed by atoms with E-state index in [0.29, 0.717) is 22.9 Å². The van der Waals surface area contributed by atoms with Gasteiger partial charge >= 0.3 is 0 Å². The number of anilines is 1. The number of hydrogen-bond acceptors (Lipinski definition) is 3. The second kappa shape index (κ2) is 7.47. The molecular weight excluding hydrogens is 329 g/mol. The summed E-state index contributed by atoms with van der Waals surface area (Å²) in [6.45, 7) is 0.598. The zero-order valence-corrected chi connectivity index (χ0v) is 13.7. The Hall–Kier alpha value is -2.37. The first-order valence-electron chi connectivity index (χ1n) is 7.59. The molecule has 1 heterocycles. The molecule has 3 rings (SSSR count). The van der Waals surface area contributed by atoms with Crippen molar-refractivity contribution in [2.24, 2.45) is 0 Å². The molecule has 0 saturated carbocycles. The van der Waals surface area contributed by atoms with Crippen molar-refractivity contribution in [1.29, 1.82) is 0 Å². The van der Waals surface area contributed by atoms with E-state index < -0.39 is 0 Å². The van der Waals surface area contributed by atoms with Crippen LogP contribution < -0.4 is 5.32 Å². The lowest BCUT2D eigenvalue weighted by Crippen LogP contribution is -2.10. The third-order valence-corrected chi connectivity index (χ3v) is 3.86. The SMILES string of the molecule is OCCn1nc(-c2ccccc2)cc1NCc1cc(Cl)ccc1F. The Kier molecular flexibility index (Phi) is 5.13. The average molecular weight is 346 g/mol. The lowest BCUT2D eigenvalue weighted by Gasteiger charge is -2.09. The minimum Gasteiger partial charge on any atom is -0.394 e. The molecule has 6 heteroatoms. The first-order chi connectivity index (χ1) is 11.7. The van der Waals surface area contributed by atoms with Crippen LogP contribution in [0.4, 0.5) is 10.2 Å². The highest BCUT2D eigenvalue weighted by atomic mass is 35.5. The molecule has 1 aromatic heterocycles. The second-order valence-corrected chi connectivity index (χ2v) is 5.75. The van der Waals surface area contributed by atoms with Gasteiger partial charge in [0, 0.05) is 28.8 Å². The normalized spacial score (nSPS) is 10.8. The fourth-order valence-electron chi connectivity index (χ4n) is 2.44. The van der Waals surface area contributed by atoms with Crippen LogP contribution in [0.25, 0.3) is 11.3 Å². The molecule has 2 N–H and O–H groups in total. The molecule has 3 aromatic rings. The number of hydrogen-bond donors (Lipinski definition) is 2. The number of aliphatic hydroxyl groups is 1. The quantitative estimate of drug-likeness (QED) is 0.711. The van der Waals surface area contributed by atoms with Gasteiger partial charge in [0.1, 0.15) is 11.6 Å². The Labute approximate surface area is 144 Å². The summed E-state index contributed by atoms with van der Waals surface area (Å²) in [5, 5.41) is 17.4. The fourth-order valence-corrected chi connectivity index (χ4v) is 2.63. The van der Waals surface area contributed by atoms with Gasteiger partial charge in [-0.05, 0) is 18.2 Å². The first-order valence-corrected chi connectivity index (χ1v) is 7.97. The number of aliphatic hydroxyl groups excluding tert-OH is 1. The van der Waals surface area contributed by atoms with Gasteiger partial charge in [0.05, 0.1) is 18.8 Å². The lowest BCUT2D eigenvalue weighted by molar-refractivity contribution is 0.270. The maximum atomic E-state index is 13.8. The summed E-state index contributed by atoms with van der Waals surface area (Å²) in [6, 6.07) is 16.1. The van der Waals surface area contributed by atoms with E-state index in [2.05, 4.69) is 10.4 Å². The van der Waals surface area contributed by atoms with E-state index in [9.17, 15) is 9.50 Å². The van der Waals surface area contributed by atoms with Crippen molar-refractivity contribution in [3.8, 4) is 11.3 Å². The van der Waals surface area contributed by atoms with E-state index in [-0.39, 0.29) is 19.0 Å². The van der Waals surface area contributed by atoms with Crippen molar-refractivity contribution in [3.05, 3.63) is 71.0 Å². The van der Waals surface area contributed by atoms with E-state index in [0.717, 1.165) is 11.3 Å². The van der Waals surface area contributed by atoms with E-state index in [1.165, 1.54) is 12.1 Å². The van der Waals surface area contributed by atoms with E-state index in [1.807, 2.05) is 36.4 Å². The summed E-state index contributed by atoms with van der Waals surface area (Å²) in [6.07, 6.45) is 0. The molecule has 0 aliphatic carbocycles. The van der Waals surface area contributed by atoms with Gasteiger partial charge in [0.15, 0.2) is 0 Å². The van der Waals surface area contributed by atoms with Gasteiger partial charge in [-0.1, -0.05) is 41.9 Å². The number of benzene rings is 2. The maximum Gasteiger partial charge on any atom is 0.128 e. The predicted octanol–water partition coefficient (Wildman–Crippen LogP) is 3.95. The van der Waals surface area contributed by atoms with Crippen molar-refractivity contribution >= 4 is 17.4 Å². The summed E-state index contributed by atoms with van der Waals surface area (Å²) in [7, 11) is 0. The van der Waals surface area contributed by atoms with E-state index in [1.54, 1.807) is 10.7 Å². The molecule has 0 fully saturated rings. The van der Waals surface area contributed by atoms with Crippen LogP contribution in [-0.4, -0.2) is 21.5 Å². The molecular formula is C18H17ClFN3O. The van der Waals surface area contributed by atoms with Gasteiger partial charge in [-0.25, -0.2) is 9.07 Å². The molecule has 124 valence electrons. The minimum absolute atomic E-state index is 0.0316. The van der Waals surface area contributed by atoms with E-state index >= 15 is 0 Å². The zero-order valence-electron chi connectivity index (χ0n) is 12.9. The number of halogens is 2. The van der Waals surface area contributed by atoms with Gasteiger partial charge in [-0.15, -0.1) is 0 Å². The lowest BCUT2D eigenvalue weighted by atomic mass is 10.1. The Balaban J connectivity index is 1.84. The van der Waals surface area contributed by atoms with Crippen LogP contribution in [0.2, 0.25) is 5.02 Å². The Bertz CT molecular complexity index is 820. The predicted molar refractivity (Wildman–Crippen MR) is 93.5 cm³/mol. The van der Waals surface area contributed by atoms with Crippen LogP contribution in [0.3, 0.4) is 0 Å². The fraction of sp³-hybridized carbons (Fsp3) is 0.167.